The van der Waals surface area contributed by atoms with E-state index in [0.717, 1.165) is 12.0 Å². The Morgan fingerprint density at radius 2 is 2.14 bits per heavy atom. The molecule has 2 aromatic rings. The number of nitrogens with two attached hydrogens (primary N) is 1. The summed E-state index contributed by atoms with van der Waals surface area (Å²) in [6, 6.07) is 7.35. The Morgan fingerprint density at radius 3 is 2.76 bits per heavy atom. The van der Waals surface area contributed by atoms with E-state index >= 15 is 0 Å². The predicted octanol–water partition coefficient (Wildman–Crippen LogP) is 2.39. The van der Waals surface area contributed by atoms with Crippen LogP contribution in [0.4, 0.5) is 5.82 Å². The van der Waals surface area contributed by atoms with Crippen molar-refractivity contribution in [1.29, 1.82) is 5.26 Å². The Kier molecular flexibility index (Phi) is 4.57. The van der Waals surface area contributed by atoms with E-state index in [4.69, 9.17) is 20.5 Å². The molecule has 0 aliphatic rings. The van der Waals surface area contributed by atoms with Crippen LogP contribution in [0.15, 0.2) is 24.4 Å². The maximum Gasteiger partial charge on any atom is 0.161 e. The van der Waals surface area contributed by atoms with Gasteiger partial charge in [0, 0.05) is 5.56 Å². The Balaban J connectivity index is 2.36. The largest absolute Gasteiger partial charge is 0.493 e. The van der Waals surface area contributed by atoms with Crippen LogP contribution in [0.2, 0.25) is 0 Å². The van der Waals surface area contributed by atoms with Gasteiger partial charge in [-0.25, -0.2) is 9.97 Å². The molecule has 1 heterocycles. The SMILES string of the molecule is CCCOc1ccc(-c2ncc(C#N)c(N)n2)cc1OC. The van der Waals surface area contributed by atoms with Crippen molar-refractivity contribution in [3.8, 4) is 29.0 Å². The number of hydrogen-bond acceptors (Lipinski definition) is 6. The van der Waals surface area contributed by atoms with Gasteiger partial charge in [-0.1, -0.05) is 6.92 Å². The molecule has 0 aliphatic carbocycles. The molecule has 0 radical (unpaired) electrons. The van der Waals surface area contributed by atoms with Crippen LogP contribution in [0, 0.1) is 11.3 Å². The molecule has 0 fully saturated rings. The fraction of sp³-hybridized carbons (Fsp3) is 0.267. The Labute approximate surface area is 123 Å². The summed E-state index contributed by atoms with van der Waals surface area (Å²) in [5.41, 5.74) is 6.71. The van der Waals surface area contributed by atoms with Gasteiger partial charge in [0.1, 0.15) is 17.5 Å². The highest BCUT2D eigenvalue weighted by molar-refractivity contribution is 5.63. The van der Waals surface area contributed by atoms with Crippen LogP contribution >= 0.6 is 0 Å². The van der Waals surface area contributed by atoms with E-state index in [1.165, 1.54) is 6.20 Å². The van der Waals surface area contributed by atoms with Gasteiger partial charge in [0.05, 0.1) is 19.9 Å². The quantitative estimate of drug-likeness (QED) is 0.906. The summed E-state index contributed by atoms with van der Waals surface area (Å²) in [5.74, 6) is 1.87. The molecule has 0 aliphatic heterocycles. The highest BCUT2D eigenvalue weighted by atomic mass is 16.5. The number of methoxy groups -OCH3 is 1. The van der Waals surface area contributed by atoms with E-state index in [9.17, 15) is 0 Å². The molecule has 6 heteroatoms. The third-order valence-corrected chi connectivity index (χ3v) is 2.82. The van der Waals surface area contributed by atoms with E-state index in [1.54, 1.807) is 13.2 Å². The average molecular weight is 284 g/mol. The van der Waals surface area contributed by atoms with Crippen molar-refractivity contribution in [2.24, 2.45) is 0 Å². The van der Waals surface area contributed by atoms with Crippen molar-refractivity contribution < 1.29 is 9.47 Å². The van der Waals surface area contributed by atoms with Crippen LogP contribution in [0.3, 0.4) is 0 Å². The van der Waals surface area contributed by atoms with Crippen molar-refractivity contribution in [1.82, 2.24) is 9.97 Å². The number of rotatable bonds is 5. The van der Waals surface area contributed by atoms with Crippen LogP contribution in [0.5, 0.6) is 11.5 Å². The van der Waals surface area contributed by atoms with E-state index < -0.39 is 0 Å². The number of nitriles is 1. The molecule has 21 heavy (non-hydrogen) atoms. The minimum Gasteiger partial charge on any atom is -0.493 e. The maximum absolute atomic E-state index is 8.83. The summed E-state index contributed by atoms with van der Waals surface area (Å²) < 4.78 is 10.9. The molecule has 2 rings (SSSR count). The third-order valence-electron chi connectivity index (χ3n) is 2.82. The van der Waals surface area contributed by atoms with Crippen molar-refractivity contribution in [2.45, 2.75) is 13.3 Å². The maximum atomic E-state index is 8.83. The van der Waals surface area contributed by atoms with Crippen LogP contribution < -0.4 is 15.2 Å². The molecular weight excluding hydrogens is 268 g/mol. The molecule has 0 amide bonds. The van der Waals surface area contributed by atoms with Gasteiger partial charge < -0.3 is 15.2 Å². The predicted molar refractivity (Wildman–Crippen MR) is 78.9 cm³/mol. The second-order valence-corrected chi connectivity index (χ2v) is 4.32. The summed E-state index contributed by atoms with van der Waals surface area (Å²) in [4.78, 5) is 8.27. The zero-order valence-electron chi connectivity index (χ0n) is 12.0. The summed E-state index contributed by atoms with van der Waals surface area (Å²) in [5, 5.41) is 8.83. The summed E-state index contributed by atoms with van der Waals surface area (Å²) in [6.07, 6.45) is 2.33. The lowest BCUT2D eigenvalue weighted by atomic mass is 10.2. The number of benzene rings is 1. The topological polar surface area (TPSA) is 94.0 Å². The minimum absolute atomic E-state index is 0.160. The first-order chi connectivity index (χ1) is 10.2. The van der Waals surface area contributed by atoms with E-state index in [-0.39, 0.29) is 11.4 Å². The number of nitrogen functional groups attached to an aromatic ring is 1. The normalized spacial score (nSPS) is 9.95. The van der Waals surface area contributed by atoms with Crippen molar-refractivity contribution in [3.63, 3.8) is 0 Å². The van der Waals surface area contributed by atoms with Gasteiger partial charge in [0.15, 0.2) is 17.3 Å². The summed E-state index contributed by atoms with van der Waals surface area (Å²) in [6.45, 7) is 2.66. The van der Waals surface area contributed by atoms with Crippen LogP contribution in [0.25, 0.3) is 11.4 Å². The molecule has 0 unspecified atom stereocenters. The van der Waals surface area contributed by atoms with Gasteiger partial charge in [-0.05, 0) is 24.6 Å². The van der Waals surface area contributed by atoms with Crippen LogP contribution in [-0.2, 0) is 0 Å². The molecule has 0 atom stereocenters. The van der Waals surface area contributed by atoms with Crippen LogP contribution in [0.1, 0.15) is 18.9 Å². The van der Waals surface area contributed by atoms with E-state index in [1.807, 2.05) is 25.1 Å². The lowest BCUT2D eigenvalue weighted by Crippen LogP contribution is -2.00. The van der Waals surface area contributed by atoms with Crippen molar-refractivity contribution in [3.05, 3.63) is 30.0 Å². The first-order valence-corrected chi connectivity index (χ1v) is 6.53. The minimum atomic E-state index is 0.160. The van der Waals surface area contributed by atoms with Gasteiger partial charge in [-0.15, -0.1) is 0 Å². The third kappa shape index (κ3) is 3.20. The second-order valence-electron chi connectivity index (χ2n) is 4.32. The molecule has 1 aromatic heterocycles. The van der Waals surface area contributed by atoms with Gasteiger partial charge in [-0.3, -0.25) is 0 Å². The number of ether oxygens (including phenoxy) is 2. The molecule has 0 bridgehead atoms. The van der Waals surface area contributed by atoms with E-state index in [0.29, 0.717) is 23.9 Å². The monoisotopic (exact) mass is 284 g/mol. The van der Waals surface area contributed by atoms with Gasteiger partial charge >= 0.3 is 0 Å². The zero-order valence-corrected chi connectivity index (χ0v) is 12.0. The Morgan fingerprint density at radius 1 is 1.33 bits per heavy atom. The number of hydrogen-bond donors (Lipinski definition) is 1. The van der Waals surface area contributed by atoms with Gasteiger partial charge in [0.25, 0.3) is 0 Å². The zero-order chi connectivity index (χ0) is 15.2. The van der Waals surface area contributed by atoms with E-state index in [2.05, 4.69) is 9.97 Å². The molecule has 0 saturated heterocycles. The highest BCUT2D eigenvalue weighted by Crippen LogP contribution is 2.31. The first-order valence-electron chi connectivity index (χ1n) is 6.53. The highest BCUT2D eigenvalue weighted by Gasteiger charge is 2.10. The molecule has 0 spiro atoms. The number of nitrogens with zero attached hydrogens (tertiary/aromatic N) is 3. The molecule has 108 valence electrons. The molecule has 0 saturated carbocycles. The lowest BCUT2D eigenvalue weighted by Gasteiger charge is -2.11. The summed E-state index contributed by atoms with van der Waals surface area (Å²) in [7, 11) is 1.58. The van der Waals surface area contributed by atoms with Crippen molar-refractivity contribution in [2.75, 3.05) is 19.5 Å². The van der Waals surface area contributed by atoms with Gasteiger partial charge in [0.2, 0.25) is 0 Å². The average Bonchev–Trinajstić information content (AvgIpc) is 2.52. The molecule has 1 aromatic carbocycles. The van der Waals surface area contributed by atoms with Gasteiger partial charge in [-0.2, -0.15) is 5.26 Å². The van der Waals surface area contributed by atoms with Crippen LogP contribution in [-0.4, -0.2) is 23.7 Å². The fourth-order valence-corrected chi connectivity index (χ4v) is 1.76. The lowest BCUT2D eigenvalue weighted by molar-refractivity contribution is 0.294. The smallest absolute Gasteiger partial charge is 0.161 e. The number of aromatic nitrogens is 2. The summed E-state index contributed by atoms with van der Waals surface area (Å²) >= 11 is 0. The molecule has 6 nitrogen and oxygen atoms in total. The Bertz CT molecular complexity index is 680. The Hall–Kier alpha value is -2.81. The first kappa shape index (κ1) is 14.6. The standard InChI is InChI=1S/C15H16N4O2/c1-3-6-21-12-5-4-10(7-13(12)20-2)15-18-9-11(8-16)14(17)19-15/h4-5,7,9H,3,6H2,1-2H3,(H2,17,18,19). The molecule has 2 N–H and O–H groups in total. The fourth-order valence-electron chi connectivity index (χ4n) is 1.76. The van der Waals surface area contributed by atoms with Crippen molar-refractivity contribution >= 4 is 5.82 Å². The molecular formula is C15H16N4O2. The number of anilines is 1. The second kappa shape index (κ2) is 6.57.